The predicted molar refractivity (Wildman–Crippen MR) is 114 cm³/mol. The van der Waals surface area contributed by atoms with E-state index in [2.05, 4.69) is 10.4 Å². The number of aromatic nitrogens is 2. The van der Waals surface area contributed by atoms with Gasteiger partial charge in [0.1, 0.15) is 0 Å². The number of rotatable bonds is 6. The summed E-state index contributed by atoms with van der Waals surface area (Å²) < 4.78 is 13.4. The Morgan fingerprint density at radius 1 is 1.18 bits per heavy atom. The molecule has 1 heterocycles. The van der Waals surface area contributed by atoms with Crippen LogP contribution >= 0.6 is 11.6 Å². The Labute approximate surface area is 172 Å². The molecule has 0 saturated heterocycles. The molecule has 0 radical (unpaired) electrons. The van der Waals surface area contributed by atoms with Crippen molar-refractivity contribution in [2.24, 2.45) is 0 Å². The van der Waals surface area contributed by atoms with E-state index in [-0.39, 0.29) is 5.91 Å². The Kier molecular flexibility index (Phi) is 6.31. The third kappa shape index (κ3) is 4.69. The van der Waals surface area contributed by atoms with Crippen LogP contribution in [-0.2, 0) is 23.1 Å². The summed E-state index contributed by atoms with van der Waals surface area (Å²) in [5, 5.41) is 7.98. The normalized spacial score (nSPS) is 12.0. The molecule has 3 aromatic rings. The molecule has 0 fully saturated rings. The molecule has 3 rings (SSSR count). The molecule has 0 saturated carbocycles. The second-order valence-corrected chi connectivity index (χ2v) is 8.51. The molecule has 0 aliphatic rings. The van der Waals surface area contributed by atoms with Crippen molar-refractivity contribution in [3.05, 3.63) is 81.6 Å². The summed E-state index contributed by atoms with van der Waals surface area (Å²) in [4.78, 5) is 12.9. The maximum Gasteiger partial charge on any atom is 0.259 e. The topological polar surface area (TPSA) is 64.0 Å². The highest BCUT2D eigenvalue weighted by molar-refractivity contribution is 7.83. The zero-order valence-electron chi connectivity index (χ0n) is 16.0. The average molecular weight is 416 g/mol. The summed E-state index contributed by atoms with van der Waals surface area (Å²) in [7, 11) is -1.02. The number of nitrogens with zero attached hydrogens (tertiary/aromatic N) is 2. The number of nitrogens with one attached hydrogen (secondary N) is 1. The van der Waals surface area contributed by atoms with Crippen LogP contribution in [0.5, 0.6) is 0 Å². The summed E-state index contributed by atoms with van der Waals surface area (Å²) >= 11 is 6.16. The maximum absolute atomic E-state index is 12.9. The smallest absolute Gasteiger partial charge is 0.259 e. The lowest BCUT2D eigenvalue weighted by molar-refractivity contribution is 0.102. The number of benzene rings is 2. The van der Waals surface area contributed by atoms with Gasteiger partial charge in [0.2, 0.25) is 0 Å². The van der Waals surface area contributed by atoms with E-state index in [0.717, 1.165) is 16.8 Å². The quantitative estimate of drug-likeness (QED) is 0.651. The standard InChI is InChI=1S/C21H22ClN3O2S/c1-14-20(15(2)25(24-14)12-16-7-5-4-6-8-16)21(26)23-18-9-10-19(22)17(11-18)13-28(3)27/h4-11H,12-13H2,1-3H3,(H,23,26). The monoisotopic (exact) mass is 415 g/mol. The van der Waals surface area contributed by atoms with E-state index >= 15 is 0 Å². The molecule has 28 heavy (non-hydrogen) atoms. The van der Waals surface area contributed by atoms with Gasteiger partial charge in [-0.2, -0.15) is 5.10 Å². The Morgan fingerprint density at radius 3 is 2.57 bits per heavy atom. The number of anilines is 1. The highest BCUT2D eigenvalue weighted by Gasteiger charge is 2.19. The highest BCUT2D eigenvalue weighted by Crippen LogP contribution is 2.23. The van der Waals surface area contributed by atoms with Crippen molar-refractivity contribution in [2.75, 3.05) is 11.6 Å². The zero-order valence-corrected chi connectivity index (χ0v) is 17.6. The van der Waals surface area contributed by atoms with Crippen LogP contribution in [0.25, 0.3) is 0 Å². The molecule has 0 aliphatic heterocycles. The van der Waals surface area contributed by atoms with E-state index in [0.29, 0.717) is 34.3 Å². The van der Waals surface area contributed by atoms with Gasteiger partial charge >= 0.3 is 0 Å². The van der Waals surface area contributed by atoms with Crippen LogP contribution in [0.4, 0.5) is 5.69 Å². The Bertz CT molecular complexity index is 1030. The van der Waals surface area contributed by atoms with Gasteiger partial charge in [-0.25, -0.2) is 0 Å². The summed E-state index contributed by atoms with van der Waals surface area (Å²) in [6.07, 6.45) is 1.62. The van der Waals surface area contributed by atoms with Gasteiger partial charge in [-0.3, -0.25) is 13.7 Å². The molecule has 1 aromatic heterocycles. The van der Waals surface area contributed by atoms with Crippen LogP contribution in [-0.4, -0.2) is 26.2 Å². The molecule has 1 atom stereocenters. The van der Waals surface area contributed by atoms with Gasteiger partial charge < -0.3 is 5.32 Å². The first-order valence-electron chi connectivity index (χ1n) is 8.83. The van der Waals surface area contributed by atoms with Crippen molar-refractivity contribution in [1.29, 1.82) is 0 Å². The molecule has 0 bridgehead atoms. The van der Waals surface area contributed by atoms with Crippen LogP contribution in [0, 0.1) is 13.8 Å². The van der Waals surface area contributed by atoms with Gasteiger partial charge in [0.05, 0.1) is 17.8 Å². The molecule has 0 spiro atoms. The highest BCUT2D eigenvalue weighted by atomic mass is 35.5. The summed E-state index contributed by atoms with van der Waals surface area (Å²) in [5.74, 6) is 0.121. The minimum atomic E-state index is -1.02. The summed E-state index contributed by atoms with van der Waals surface area (Å²) in [6.45, 7) is 4.33. The molecule has 0 aliphatic carbocycles. The molecule has 1 unspecified atom stereocenters. The van der Waals surface area contributed by atoms with E-state index in [4.69, 9.17) is 11.6 Å². The third-order valence-electron chi connectivity index (χ3n) is 4.45. The van der Waals surface area contributed by atoms with Gasteiger partial charge in [0, 0.05) is 39.2 Å². The van der Waals surface area contributed by atoms with Crippen molar-refractivity contribution in [3.63, 3.8) is 0 Å². The Morgan fingerprint density at radius 2 is 1.89 bits per heavy atom. The van der Waals surface area contributed by atoms with Crippen molar-refractivity contribution < 1.29 is 9.00 Å². The van der Waals surface area contributed by atoms with Gasteiger partial charge in [0.15, 0.2) is 0 Å². The number of hydrogen-bond acceptors (Lipinski definition) is 3. The van der Waals surface area contributed by atoms with Crippen LogP contribution in [0.1, 0.15) is 32.9 Å². The Balaban J connectivity index is 1.82. The fourth-order valence-electron chi connectivity index (χ4n) is 3.11. The van der Waals surface area contributed by atoms with Gasteiger partial charge in [0.25, 0.3) is 5.91 Å². The van der Waals surface area contributed by atoms with E-state index in [1.54, 1.807) is 24.5 Å². The first kappa shape index (κ1) is 20.3. The Hall–Kier alpha value is -2.44. The fraction of sp³-hybridized carbons (Fsp3) is 0.238. The second-order valence-electron chi connectivity index (χ2n) is 6.67. The van der Waals surface area contributed by atoms with Gasteiger partial charge in [-0.1, -0.05) is 41.9 Å². The second kappa shape index (κ2) is 8.71. The lowest BCUT2D eigenvalue weighted by atomic mass is 10.1. The average Bonchev–Trinajstić information content (AvgIpc) is 2.92. The first-order valence-corrected chi connectivity index (χ1v) is 10.9. The SMILES string of the molecule is Cc1nn(Cc2ccccc2)c(C)c1C(=O)Nc1ccc(Cl)c(CS(C)=O)c1. The van der Waals surface area contributed by atoms with Gasteiger partial charge in [-0.15, -0.1) is 0 Å². The molecule has 7 heteroatoms. The predicted octanol–water partition coefficient (Wildman–Crippen LogP) is 4.33. The lowest BCUT2D eigenvalue weighted by Gasteiger charge is -2.09. The van der Waals surface area contributed by atoms with Gasteiger partial charge in [-0.05, 0) is 43.2 Å². The van der Waals surface area contributed by atoms with Crippen LogP contribution < -0.4 is 5.32 Å². The molecular weight excluding hydrogens is 394 g/mol. The fourth-order valence-corrected chi connectivity index (χ4v) is 4.05. The largest absolute Gasteiger partial charge is 0.322 e. The number of aryl methyl sites for hydroxylation is 1. The molecule has 1 N–H and O–H groups in total. The first-order chi connectivity index (χ1) is 13.3. The molecule has 1 amide bonds. The van der Waals surface area contributed by atoms with Crippen LogP contribution in [0.15, 0.2) is 48.5 Å². The maximum atomic E-state index is 12.9. The minimum absolute atomic E-state index is 0.222. The summed E-state index contributed by atoms with van der Waals surface area (Å²) in [6, 6.07) is 15.2. The lowest BCUT2D eigenvalue weighted by Crippen LogP contribution is -2.14. The summed E-state index contributed by atoms with van der Waals surface area (Å²) in [5.41, 5.74) is 4.52. The van der Waals surface area contributed by atoms with Crippen molar-refractivity contribution >= 4 is 34.0 Å². The molecule has 146 valence electrons. The van der Waals surface area contributed by atoms with Crippen LogP contribution in [0.2, 0.25) is 5.02 Å². The number of carbonyl (C=O) groups is 1. The van der Waals surface area contributed by atoms with E-state index in [1.165, 1.54) is 0 Å². The van der Waals surface area contributed by atoms with E-state index < -0.39 is 10.8 Å². The minimum Gasteiger partial charge on any atom is -0.322 e. The number of carbonyl (C=O) groups excluding carboxylic acids is 1. The van der Waals surface area contributed by atoms with E-state index in [1.807, 2.05) is 48.9 Å². The molecular formula is C21H22ClN3O2S. The number of halogens is 1. The van der Waals surface area contributed by atoms with E-state index in [9.17, 15) is 9.00 Å². The van der Waals surface area contributed by atoms with Crippen molar-refractivity contribution in [2.45, 2.75) is 26.1 Å². The van der Waals surface area contributed by atoms with Crippen molar-refractivity contribution in [1.82, 2.24) is 9.78 Å². The number of amides is 1. The number of hydrogen-bond donors (Lipinski definition) is 1. The van der Waals surface area contributed by atoms with Crippen LogP contribution in [0.3, 0.4) is 0 Å². The zero-order chi connectivity index (χ0) is 20.3. The molecule has 2 aromatic carbocycles. The van der Waals surface area contributed by atoms with Crippen molar-refractivity contribution in [3.8, 4) is 0 Å². The third-order valence-corrected chi connectivity index (χ3v) is 5.53. The molecule has 5 nitrogen and oxygen atoms in total.